The van der Waals surface area contributed by atoms with Gasteiger partial charge in [-0.3, -0.25) is 19.8 Å². The number of amidine groups is 1. The Bertz CT molecular complexity index is 1390. The van der Waals surface area contributed by atoms with Crippen molar-refractivity contribution in [2.45, 2.75) is 13.8 Å². The molecule has 1 fully saturated rings. The third-order valence-electron chi connectivity index (χ3n) is 5.40. The van der Waals surface area contributed by atoms with E-state index in [0.717, 1.165) is 17.0 Å². The van der Waals surface area contributed by atoms with Crippen LogP contribution in [-0.2, 0) is 4.79 Å². The zero-order valence-corrected chi connectivity index (χ0v) is 19.4. The molecule has 172 valence electrons. The van der Waals surface area contributed by atoms with E-state index in [1.807, 2.05) is 24.5 Å². The molecular formula is C24H20N4O5S. The number of hydrogen-bond acceptors (Lipinski definition) is 6. The lowest BCUT2D eigenvalue weighted by atomic mass is 10.2. The highest BCUT2D eigenvalue weighted by Gasteiger charge is 2.30. The number of aliphatic imine (C=N–C) groups is 1. The molecule has 0 bridgehead atoms. The number of thioether (sulfide) groups is 1. The normalized spacial score (nSPS) is 16.0. The van der Waals surface area contributed by atoms with Crippen LogP contribution >= 0.6 is 11.8 Å². The SMILES string of the molecule is Cc1cc(/C=C2\SC(=Nc3ccc(C(=O)O)cc3)N(C)C2=O)c(C)n1-c1cccc([N+](=O)[O-])c1. The first-order valence-electron chi connectivity index (χ1n) is 10.2. The van der Waals surface area contributed by atoms with Crippen LogP contribution in [0.2, 0.25) is 0 Å². The summed E-state index contributed by atoms with van der Waals surface area (Å²) in [5, 5.41) is 20.7. The van der Waals surface area contributed by atoms with Crippen LogP contribution < -0.4 is 0 Å². The number of carbonyl (C=O) groups excluding carboxylic acids is 1. The molecule has 2 heterocycles. The number of carboxylic acid groups (broad SMARTS) is 1. The van der Waals surface area contributed by atoms with Gasteiger partial charge in [0.05, 0.1) is 26.8 Å². The number of amides is 1. The van der Waals surface area contributed by atoms with Crippen LogP contribution in [0.25, 0.3) is 11.8 Å². The lowest BCUT2D eigenvalue weighted by molar-refractivity contribution is -0.384. The predicted molar refractivity (Wildman–Crippen MR) is 131 cm³/mol. The van der Waals surface area contributed by atoms with E-state index in [1.165, 1.54) is 40.9 Å². The molecule has 1 aliphatic rings. The average molecular weight is 477 g/mol. The lowest BCUT2D eigenvalue weighted by Gasteiger charge is -2.09. The van der Waals surface area contributed by atoms with Gasteiger partial charge in [-0.15, -0.1) is 0 Å². The van der Waals surface area contributed by atoms with Gasteiger partial charge in [0.1, 0.15) is 0 Å². The standard InChI is InChI=1S/C24H20N4O5S/c1-14-11-17(15(2)27(14)19-5-4-6-20(13-19)28(32)33)12-21-22(29)26(3)24(34-21)25-18-9-7-16(8-10-18)23(30)31/h4-13H,1-3H3,(H,30,31)/b21-12-,25-24?. The van der Waals surface area contributed by atoms with Gasteiger partial charge in [-0.05, 0) is 73.6 Å². The number of rotatable bonds is 5. The highest BCUT2D eigenvalue weighted by atomic mass is 32.2. The van der Waals surface area contributed by atoms with Crippen LogP contribution in [-0.4, -0.2) is 43.6 Å². The van der Waals surface area contributed by atoms with Crippen LogP contribution in [0.4, 0.5) is 11.4 Å². The van der Waals surface area contributed by atoms with Crippen LogP contribution in [0.3, 0.4) is 0 Å². The summed E-state index contributed by atoms with van der Waals surface area (Å²) in [6.07, 6.45) is 1.79. The van der Waals surface area contributed by atoms with E-state index >= 15 is 0 Å². The van der Waals surface area contributed by atoms with Crippen molar-refractivity contribution in [3.05, 3.63) is 92.1 Å². The zero-order chi connectivity index (χ0) is 24.6. The fourth-order valence-corrected chi connectivity index (χ4v) is 4.64. The van der Waals surface area contributed by atoms with E-state index in [0.29, 0.717) is 21.4 Å². The summed E-state index contributed by atoms with van der Waals surface area (Å²) >= 11 is 1.23. The van der Waals surface area contributed by atoms with E-state index in [1.54, 1.807) is 37.4 Å². The molecule has 0 spiro atoms. The van der Waals surface area contributed by atoms with Crippen LogP contribution in [0, 0.1) is 24.0 Å². The summed E-state index contributed by atoms with van der Waals surface area (Å²) in [6.45, 7) is 3.79. The maximum Gasteiger partial charge on any atom is 0.335 e. The summed E-state index contributed by atoms with van der Waals surface area (Å²) in [7, 11) is 1.63. The first kappa shape index (κ1) is 23.0. The van der Waals surface area contributed by atoms with Gasteiger partial charge in [0.15, 0.2) is 5.17 Å². The number of likely N-dealkylation sites (N-methyl/N-ethyl adjacent to an activating group) is 1. The maximum atomic E-state index is 12.8. The van der Waals surface area contributed by atoms with Gasteiger partial charge in [0, 0.05) is 30.6 Å². The number of carbonyl (C=O) groups is 2. The Hall–Kier alpha value is -4.18. The smallest absolute Gasteiger partial charge is 0.335 e. The van der Waals surface area contributed by atoms with E-state index in [4.69, 9.17) is 5.11 Å². The average Bonchev–Trinajstić information content (AvgIpc) is 3.23. The maximum absolute atomic E-state index is 12.8. The number of nitrogens with zero attached hydrogens (tertiary/aromatic N) is 4. The molecule has 9 nitrogen and oxygen atoms in total. The Morgan fingerprint density at radius 1 is 1.15 bits per heavy atom. The number of aryl methyl sites for hydroxylation is 1. The number of aromatic nitrogens is 1. The molecule has 1 saturated heterocycles. The summed E-state index contributed by atoms with van der Waals surface area (Å²) < 4.78 is 1.91. The van der Waals surface area contributed by atoms with Crippen molar-refractivity contribution in [1.29, 1.82) is 0 Å². The van der Waals surface area contributed by atoms with Crippen LogP contribution in [0.5, 0.6) is 0 Å². The molecule has 0 unspecified atom stereocenters. The number of benzene rings is 2. The molecule has 2 aromatic carbocycles. The molecule has 0 atom stereocenters. The molecule has 1 amide bonds. The van der Waals surface area contributed by atoms with Crippen molar-refractivity contribution < 1.29 is 19.6 Å². The molecule has 34 heavy (non-hydrogen) atoms. The highest BCUT2D eigenvalue weighted by Crippen LogP contribution is 2.34. The molecule has 3 aromatic rings. The first-order chi connectivity index (χ1) is 16.2. The summed E-state index contributed by atoms with van der Waals surface area (Å²) in [5.74, 6) is -1.22. The van der Waals surface area contributed by atoms with Crippen molar-refractivity contribution in [2.75, 3.05) is 7.05 Å². The summed E-state index contributed by atoms with van der Waals surface area (Å²) in [5.41, 5.74) is 3.91. The van der Waals surface area contributed by atoms with E-state index in [-0.39, 0.29) is 17.2 Å². The number of carboxylic acids is 1. The number of nitro benzene ring substituents is 1. The quantitative estimate of drug-likeness (QED) is 0.317. The van der Waals surface area contributed by atoms with Crippen molar-refractivity contribution in [1.82, 2.24) is 9.47 Å². The molecule has 0 radical (unpaired) electrons. The fourth-order valence-electron chi connectivity index (χ4n) is 3.66. The fraction of sp³-hybridized carbons (Fsp3) is 0.125. The van der Waals surface area contributed by atoms with Gasteiger partial charge >= 0.3 is 5.97 Å². The van der Waals surface area contributed by atoms with Crippen LogP contribution in [0.1, 0.15) is 27.3 Å². The third-order valence-corrected chi connectivity index (χ3v) is 6.46. The second-order valence-electron chi connectivity index (χ2n) is 7.66. The number of hydrogen-bond donors (Lipinski definition) is 1. The second kappa shape index (κ2) is 8.99. The largest absolute Gasteiger partial charge is 0.478 e. The first-order valence-corrected chi connectivity index (χ1v) is 11.0. The number of nitro groups is 1. The predicted octanol–water partition coefficient (Wildman–Crippen LogP) is 4.93. The van der Waals surface area contributed by atoms with Crippen molar-refractivity contribution in [3.8, 4) is 5.69 Å². The number of non-ortho nitro benzene ring substituents is 1. The Morgan fingerprint density at radius 3 is 2.50 bits per heavy atom. The molecule has 0 aliphatic carbocycles. The van der Waals surface area contributed by atoms with Crippen molar-refractivity contribution in [3.63, 3.8) is 0 Å². The minimum absolute atomic E-state index is 0.00490. The van der Waals surface area contributed by atoms with E-state index in [9.17, 15) is 19.7 Å². The van der Waals surface area contributed by atoms with Gasteiger partial charge in [0.25, 0.3) is 11.6 Å². The monoisotopic (exact) mass is 476 g/mol. The van der Waals surface area contributed by atoms with Crippen LogP contribution in [0.15, 0.2) is 64.5 Å². The van der Waals surface area contributed by atoms with Gasteiger partial charge in [-0.1, -0.05) is 6.07 Å². The van der Waals surface area contributed by atoms with E-state index < -0.39 is 10.9 Å². The Labute approximate surface area is 199 Å². The molecule has 4 rings (SSSR count). The Balaban J connectivity index is 1.65. The van der Waals surface area contributed by atoms with Gasteiger partial charge in [0.2, 0.25) is 0 Å². The highest BCUT2D eigenvalue weighted by molar-refractivity contribution is 8.18. The molecular weight excluding hydrogens is 456 g/mol. The van der Waals surface area contributed by atoms with Crippen molar-refractivity contribution in [2.24, 2.45) is 4.99 Å². The molecule has 1 aliphatic heterocycles. The van der Waals surface area contributed by atoms with Crippen molar-refractivity contribution >= 4 is 46.3 Å². The van der Waals surface area contributed by atoms with Gasteiger partial charge < -0.3 is 9.67 Å². The lowest BCUT2D eigenvalue weighted by Crippen LogP contribution is -2.23. The summed E-state index contributed by atoms with van der Waals surface area (Å²) in [4.78, 5) is 41.0. The second-order valence-corrected chi connectivity index (χ2v) is 8.67. The molecule has 10 heteroatoms. The molecule has 1 aromatic heterocycles. The molecule has 0 saturated carbocycles. The zero-order valence-electron chi connectivity index (χ0n) is 18.6. The Kier molecular flexibility index (Phi) is 6.08. The third kappa shape index (κ3) is 4.35. The van der Waals surface area contributed by atoms with Gasteiger partial charge in [-0.2, -0.15) is 0 Å². The minimum Gasteiger partial charge on any atom is -0.478 e. The summed E-state index contributed by atoms with van der Waals surface area (Å²) in [6, 6.07) is 14.4. The van der Waals surface area contributed by atoms with E-state index in [2.05, 4.69) is 4.99 Å². The minimum atomic E-state index is -1.02. The topological polar surface area (TPSA) is 118 Å². The molecule has 1 N–H and O–H groups in total. The number of aromatic carboxylic acids is 1. The van der Waals surface area contributed by atoms with Gasteiger partial charge in [-0.25, -0.2) is 9.79 Å². The Morgan fingerprint density at radius 2 is 1.85 bits per heavy atom.